The van der Waals surface area contributed by atoms with Crippen LogP contribution in [0.15, 0.2) is 18.2 Å². The third-order valence-corrected chi connectivity index (χ3v) is 2.80. The molecule has 1 N–H and O–H groups in total. The van der Waals surface area contributed by atoms with Crippen LogP contribution >= 0.6 is 11.3 Å². The third kappa shape index (κ3) is 1.33. The van der Waals surface area contributed by atoms with E-state index in [1.54, 1.807) is 6.07 Å². The van der Waals surface area contributed by atoms with Gasteiger partial charge in [-0.1, -0.05) is 11.3 Å². The van der Waals surface area contributed by atoms with Crippen molar-refractivity contribution in [2.24, 2.45) is 0 Å². The number of ether oxygens (including phenoxy) is 1. The molecular formula is C9H7FO2S. The molecule has 2 aromatic rings. The normalized spacial score (nSPS) is 10.6. The molecule has 2 nitrogen and oxygen atoms in total. The number of fused-ring (bicyclic) bond motifs is 1. The first-order chi connectivity index (χ1) is 6.20. The van der Waals surface area contributed by atoms with Crippen LogP contribution in [0.5, 0.6) is 10.8 Å². The zero-order valence-electron chi connectivity index (χ0n) is 6.87. The van der Waals surface area contributed by atoms with E-state index in [-0.39, 0.29) is 5.75 Å². The summed E-state index contributed by atoms with van der Waals surface area (Å²) in [6.07, 6.45) is 0. The van der Waals surface area contributed by atoms with Crippen LogP contribution in [0.1, 0.15) is 0 Å². The maximum Gasteiger partial charge on any atom is 0.174 e. The van der Waals surface area contributed by atoms with Crippen molar-refractivity contribution >= 4 is 21.4 Å². The van der Waals surface area contributed by atoms with Gasteiger partial charge in [0.15, 0.2) is 5.06 Å². The van der Waals surface area contributed by atoms with Gasteiger partial charge in [-0.25, -0.2) is 4.39 Å². The third-order valence-electron chi connectivity index (χ3n) is 1.76. The molecule has 0 spiro atoms. The number of benzene rings is 1. The number of thiophene rings is 1. The average molecular weight is 198 g/mol. The van der Waals surface area contributed by atoms with Crippen LogP contribution in [-0.2, 0) is 0 Å². The Hall–Kier alpha value is -1.29. The molecule has 0 aliphatic carbocycles. The molecule has 4 heteroatoms. The Morgan fingerprint density at radius 2 is 2.15 bits per heavy atom. The molecule has 68 valence electrons. The van der Waals surface area contributed by atoms with Crippen LogP contribution in [0.4, 0.5) is 4.39 Å². The summed E-state index contributed by atoms with van der Waals surface area (Å²) in [6, 6.07) is 4.16. The SMILES string of the molecule is COc1cc2c(O)cc(F)cc2s1. The summed E-state index contributed by atoms with van der Waals surface area (Å²) >= 11 is 1.30. The summed E-state index contributed by atoms with van der Waals surface area (Å²) in [6.45, 7) is 0. The fourth-order valence-corrected chi connectivity index (χ4v) is 2.09. The molecule has 0 fully saturated rings. The molecule has 13 heavy (non-hydrogen) atoms. The van der Waals surface area contributed by atoms with Crippen molar-refractivity contribution in [2.45, 2.75) is 0 Å². The Morgan fingerprint density at radius 1 is 1.38 bits per heavy atom. The largest absolute Gasteiger partial charge is 0.507 e. The predicted octanol–water partition coefficient (Wildman–Crippen LogP) is 2.75. The average Bonchev–Trinajstić information content (AvgIpc) is 2.47. The Morgan fingerprint density at radius 3 is 2.85 bits per heavy atom. The van der Waals surface area contributed by atoms with Gasteiger partial charge in [0.05, 0.1) is 7.11 Å². The van der Waals surface area contributed by atoms with Crippen LogP contribution in [0, 0.1) is 5.82 Å². The summed E-state index contributed by atoms with van der Waals surface area (Å²) in [5.74, 6) is -0.482. The van der Waals surface area contributed by atoms with Gasteiger partial charge in [0.25, 0.3) is 0 Å². The second-order valence-corrected chi connectivity index (χ2v) is 3.65. The summed E-state index contributed by atoms with van der Waals surface area (Å²) < 4.78 is 18.5. The fourth-order valence-electron chi connectivity index (χ4n) is 1.17. The van der Waals surface area contributed by atoms with E-state index in [4.69, 9.17) is 4.74 Å². The maximum absolute atomic E-state index is 12.8. The number of hydrogen-bond acceptors (Lipinski definition) is 3. The molecule has 0 saturated heterocycles. The lowest BCUT2D eigenvalue weighted by Gasteiger charge is -1.93. The molecule has 0 radical (unpaired) electrons. The van der Waals surface area contributed by atoms with Gasteiger partial charge in [0, 0.05) is 22.2 Å². The van der Waals surface area contributed by atoms with Gasteiger partial charge in [0.2, 0.25) is 0 Å². The monoisotopic (exact) mass is 198 g/mol. The molecule has 0 unspecified atom stereocenters. The highest BCUT2D eigenvalue weighted by Gasteiger charge is 2.07. The van der Waals surface area contributed by atoms with Gasteiger partial charge in [-0.15, -0.1) is 0 Å². The van der Waals surface area contributed by atoms with Gasteiger partial charge in [0.1, 0.15) is 11.6 Å². The minimum Gasteiger partial charge on any atom is -0.507 e. The van der Waals surface area contributed by atoms with E-state index in [1.165, 1.54) is 24.5 Å². The second-order valence-electron chi connectivity index (χ2n) is 2.61. The van der Waals surface area contributed by atoms with Crippen molar-refractivity contribution < 1.29 is 14.2 Å². The number of hydrogen-bond donors (Lipinski definition) is 1. The van der Waals surface area contributed by atoms with E-state index in [2.05, 4.69) is 0 Å². The maximum atomic E-state index is 12.8. The van der Waals surface area contributed by atoms with Crippen LogP contribution in [-0.4, -0.2) is 12.2 Å². The Kier molecular flexibility index (Phi) is 1.84. The molecule has 0 amide bonds. The van der Waals surface area contributed by atoms with Gasteiger partial charge < -0.3 is 9.84 Å². The molecule has 2 rings (SSSR count). The molecule has 1 aromatic carbocycles. The fraction of sp³-hybridized carbons (Fsp3) is 0.111. The molecule has 0 atom stereocenters. The zero-order valence-corrected chi connectivity index (χ0v) is 7.69. The van der Waals surface area contributed by atoms with Gasteiger partial charge >= 0.3 is 0 Å². The number of phenols is 1. The number of rotatable bonds is 1. The van der Waals surface area contributed by atoms with E-state index in [9.17, 15) is 9.50 Å². The number of methoxy groups -OCH3 is 1. The van der Waals surface area contributed by atoms with Crippen molar-refractivity contribution in [1.82, 2.24) is 0 Å². The van der Waals surface area contributed by atoms with Crippen molar-refractivity contribution in [3.8, 4) is 10.8 Å². The Bertz CT molecular complexity index is 450. The first-order valence-electron chi connectivity index (χ1n) is 3.67. The molecule has 0 aliphatic rings. The van der Waals surface area contributed by atoms with E-state index >= 15 is 0 Å². The van der Waals surface area contributed by atoms with Gasteiger partial charge in [-0.3, -0.25) is 0 Å². The van der Waals surface area contributed by atoms with Crippen LogP contribution in [0.25, 0.3) is 10.1 Å². The van der Waals surface area contributed by atoms with Crippen molar-refractivity contribution in [1.29, 1.82) is 0 Å². The number of phenolic OH excluding ortho intramolecular Hbond substituents is 1. The Balaban J connectivity index is 2.75. The summed E-state index contributed by atoms with van der Waals surface area (Å²) in [5, 5.41) is 10.7. The van der Waals surface area contributed by atoms with Gasteiger partial charge in [-0.2, -0.15) is 0 Å². The molecule has 0 saturated carbocycles. The highest BCUT2D eigenvalue weighted by Crippen LogP contribution is 2.36. The Labute approximate surface area is 78.2 Å². The topological polar surface area (TPSA) is 29.5 Å². The second kappa shape index (κ2) is 2.88. The highest BCUT2D eigenvalue weighted by atomic mass is 32.1. The lowest BCUT2D eigenvalue weighted by Crippen LogP contribution is -1.74. The number of aromatic hydroxyl groups is 1. The first-order valence-corrected chi connectivity index (χ1v) is 4.48. The standard InChI is InChI=1S/C9H7FO2S/c1-12-9-4-6-7(11)2-5(10)3-8(6)13-9/h2-4,11H,1H3. The summed E-state index contributed by atoms with van der Waals surface area (Å²) in [7, 11) is 1.54. The molecular weight excluding hydrogens is 191 g/mol. The van der Waals surface area contributed by atoms with E-state index in [0.29, 0.717) is 15.1 Å². The van der Waals surface area contributed by atoms with Crippen molar-refractivity contribution in [3.05, 3.63) is 24.0 Å². The molecule has 0 bridgehead atoms. The summed E-state index contributed by atoms with van der Waals surface area (Å²) in [5.41, 5.74) is 0. The van der Waals surface area contributed by atoms with E-state index in [0.717, 1.165) is 6.07 Å². The predicted molar refractivity (Wildman–Crippen MR) is 50.0 cm³/mol. The van der Waals surface area contributed by atoms with Crippen LogP contribution < -0.4 is 4.74 Å². The molecule has 1 aromatic heterocycles. The van der Waals surface area contributed by atoms with Crippen LogP contribution in [0.2, 0.25) is 0 Å². The first kappa shape index (κ1) is 8.31. The van der Waals surface area contributed by atoms with Crippen molar-refractivity contribution in [3.63, 3.8) is 0 Å². The highest BCUT2D eigenvalue weighted by molar-refractivity contribution is 7.20. The minimum atomic E-state index is -0.436. The summed E-state index contributed by atoms with van der Waals surface area (Å²) in [4.78, 5) is 0. The molecule has 1 heterocycles. The van der Waals surface area contributed by atoms with E-state index < -0.39 is 5.82 Å². The van der Waals surface area contributed by atoms with Crippen LogP contribution in [0.3, 0.4) is 0 Å². The lowest BCUT2D eigenvalue weighted by molar-refractivity contribution is 0.427. The minimum absolute atomic E-state index is 0.0467. The quantitative estimate of drug-likeness (QED) is 0.763. The van der Waals surface area contributed by atoms with E-state index in [1.807, 2.05) is 0 Å². The lowest BCUT2D eigenvalue weighted by atomic mass is 10.2. The van der Waals surface area contributed by atoms with Crippen molar-refractivity contribution in [2.75, 3.05) is 7.11 Å². The number of halogens is 1. The zero-order chi connectivity index (χ0) is 9.42. The van der Waals surface area contributed by atoms with Gasteiger partial charge in [-0.05, 0) is 6.07 Å². The smallest absolute Gasteiger partial charge is 0.174 e. The molecule has 0 aliphatic heterocycles.